The van der Waals surface area contributed by atoms with E-state index >= 15 is 0 Å². The molecule has 1 N–H and O–H groups in total. The Labute approximate surface area is 145 Å². The first-order valence-corrected chi connectivity index (χ1v) is 7.88. The molecule has 0 aliphatic carbocycles. The number of nitrogens with zero attached hydrogens (tertiary/aromatic N) is 3. The van der Waals surface area contributed by atoms with Gasteiger partial charge >= 0.3 is 0 Å². The molecule has 1 saturated heterocycles. The van der Waals surface area contributed by atoms with Crippen LogP contribution in [0.25, 0.3) is 0 Å². The van der Waals surface area contributed by atoms with Gasteiger partial charge in [0.05, 0.1) is 10.6 Å². The lowest BCUT2D eigenvalue weighted by Crippen LogP contribution is -2.29. The molecule has 7 heteroatoms. The van der Waals surface area contributed by atoms with Crippen LogP contribution in [0.2, 0.25) is 5.02 Å². The van der Waals surface area contributed by atoms with E-state index in [1.807, 2.05) is 17.2 Å². The van der Waals surface area contributed by atoms with Crippen molar-refractivity contribution in [2.45, 2.75) is 12.8 Å². The van der Waals surface area contributed by atoms with E-state index in [0.29, 0.717) is 16.5 Å². The second kappa shape index (κ2) is 8.98. The highest BCUT2D eigenvalue weighted by molar-refractivity contribution is 6.30. The van der Waals surface area contributed by atoms with Gasteiger partial charge in [0.25, 0.3) is 12.4 Å². The monoisotopic (exact) mass is 347 g/mol. The van der Waals surface area contributed by atoms with Crippen molar-refractivity contribution in [2.75, 3.05) is 13.1 Å². The molecule has 3 rings (SSSR count). The molecule has 0 spiro atoms. The molecule has 0 bridgehead atoms. The predicted octanol–water partition coefficient (Wildman–Crippen LogP) is 2.54. The van der Waals surface area contributed by atoms with Crippen LogP contribution in [0.1, 0.15) is 22.3 Å². The first kappa shape index (κ1) is 17.9. The maximum atomic E-state index is 12.4. The zero-order valence-corrected chi connectivity index (χ0v) is 13.8. The summed E-state index contributed by atoms with van der Waals surface area (Å²) in [6.45, 7) is 1.32. The number of carbonyl (C=O) groups excluding carboxylic acids is 1. The summed E-state index contributed by atoms with van der Waals surface area (Å²) in [7, 11) is 0. The van der Waals surface area contributed by atoms with Crippen LogP contribution in [0.3, 0.4) is 0 Å². The number of carbonyl (C=O) groups is 2. The summed E-state index contributed by atoms with van der Waals surface area (Å²) in [5, 5.41) is 7.38. The van der Waals surface area contributed by atoms with Crippen LogP contribution in [0.15, 0.2) is 43.0 Å². The number of rotatable bonds is 3. The molecule has 1 aliphatic rings. The zero-order valence-electron chi connectivity index (χ0n) is 13.0. The number of halogens is 1. The minimum atomic E-state index is -0.250. The summed E-state index contributed by atoms with van der Waals surface area (Å²) in [6, 6.07) is 5.70. The van der Waals surface area contributed by atoms with E-state index in [0.717, 1.165) is 25.9 Å². The topological polar surface area (TPSA) is 83.4 Å². The molecular weight excluding hydrogens is 330 g/mol. The maximum Gasteiger partial charge on any atom is 0.290 e. The number of hydrogen-bond donors (Lipinski definition) is 1. The summed E-state index contributed by atoms with van der Waals surface area (Å²) in [6.07, 6.45) is 8.77. The molecule has 1 unspecified atom stereocenters. The molecule has 2 aromatic heterocycles. The van der Waals surface area contributed by atoms with Crippen molar-refractivity contribution in [3.63, 3.8) is 0 Å². The molecule has 6 nitrogen and oxygen atoms in total. The van der Waals surface area contributed by atoms with Gasteiger partial charge < -0.3 is 10.0 Å². The van der Waals surface area contributed by atoms with E-state index in [-0.39, 0.29) is 12.4 Å². The van der Waals surface area contributed by atoms with Crippen molar-refractivity contribution in [1.82, 2.24) is 14.9 Å². The van der Waals surface area contributed by atoms with Crippen LogP contribution in [0.5, 0.6) is 0 Å². The highest BCUT2D eigenvalue weighted by atomic mass is 35.5. The molecular formula is C17H18ClN3O3. The summed E-state index contributed by atoms with van der Waals surface area (Å²) in [5.74, 6) is 0.504. The van der Waals surface area contributed by atoms with Gasteiger partial charge in [-0.2, -0.15) is 0 Å². The first-order valence-electron chi connectivity index (χ1n) is 7.50. The van der Waals surface area contributed by atoms with Gasteiger partial charge in [-0.3, -0.25) is 19.6 Å². The normalized spacial score (nSPS) is 16.2. The van der Waals surface area contributed by atoms with E-state index in [1.165, 1.54) is 11.8 Å². The zero-order chi connectivity index (χ0) is 17.4. The minimum Gasteiger partial charge on any atom is -0.483 e. The molecule has 1 fully saturated rings. The van der Waals surface area contributed by atoms with Crippen LogP contribution >= 0.6 is 11.6 Å². The fourth-order valence-corrected chi connectivity index (χ4v) is 2.92. The second-order valence-electron chi connectivity index (χ2n) is 5.47. The summed E-state index contributed by atoms with van der Waals surface area (Å²) < 4.78 is 0. The molecule has 3 heterocycles. The average molecular weight is 348 g/mol. The van der Waals surface area contributed by atoms with Crippen molar-refractivity contribution < 1.29 is 14.7 Å². The fourth-order valence-electron chi connectivity index (χ4n) is 2.75. The van der Waals surface area contributed by atoms with Gasteiger partial charge in [0.15, 0.2) is 0 Å². The van der Waals surface area contributed by atoms with Crippen LogP contribution in [0.4, 0.5) is 0 Å². The number of hydrogen-bond acceptors (Lipinski definition) is 4. The minimum absolute atomic E-state index is 0.0127. The van der Waals surface area contributed by atoms with Gasteiger partial charge in [-0.05, 0) is 36.5 Å². The number of pyridine rings is 2. The summed E-state index contributed by atoms with van der Waals surface area (Å²) in [5.41, 5.74) is 1.78. The third-order valence-electron chi connectivity index (χ3n) is 3.77. The standard InChI is InChI=1S/C16H16ClN3O.CH2O2/c17-15-7-14(9-19-10-15)16(21)20-5-3-13(11-20)6-12-2-1-4-18-8-12;2-1-3/h1-2,4,7-10,13H,3,5-6,11H2;1H,(H,2,3). The van der Waals surface area contributed by atoms with E-state index in [9.17, 15) is 4.79 Å². The van der Waals surface area contributed by atoms with Crippen LogP contribution in [-0.4, -0.2) is 45.4 Å². The second-order valence-corrected chi connectivity index (χ2v) is 5.90. The summed E-state index contributed by atoms with van der Waals surface area (Å²) in [4.78, 5) is 30.8. The van der Waals surface area contributed by atoms with Gasteiger partial charge in [-0.1, -0.05) is 17.7 Å². The summed E-state index contributed by atoms with van der Waals surface area (Å²) >= 11 is 5.89. The molecule has 2 aromatic rings. The van der Waals surface area contributed by atoms with Crippen molar-refractivity contribution >= 4 is 24.0 Å². The Morgan fingerprint density at radius 2 is 2.17 bits per heavy atom. The Bertz CT molecular complexity index is 682. The molecule has 0 saturated carbocycles. The lowest BCUT2D eigenvalue weighted by Gasteiger charge is -2.16. The van der Waals surface area contributed by atoms with Crippen molar-refractivity contribution in [1.29, 1.82) is 0 Å². The van der Waals surface area contributed by atoms with Crippen molar-refractivity contribution in [2.24, 2.45) is 5.92 Å². The SMILES string of the molecule is O=C(c1cncc(Cl)c1)N1CCC(Cc2cccnc2)C1.O=CO. The van der Waals surface area contributed by atoms with Crippen LogP contribution < -0.4 is 0 Å². The Kier molecular flexibility index (Phi) is 6.69. The Hall–Kier alpha value is -2.47. The molecule has 126 valence electrons. The average Bonchev–Trinajstić information content (AvgIpc) is 3.04. The Morgan fingerprint density at radius 3 is 2.83 bits per heavy atom. The highest BCUT2D eigenvalue weighted by Crippen LogP contribution is 2.22. The molecule has 1 aliphatic heterocycles. The van der Waals surface area contributed by atoms with Gasteiger partial charge in [0, 0.05) is 37.9 Å². The van der Waals surface area contributed by atoms with Gasteiger partial charge in [0.2, 0.25) is 0 Å². The van der Waals surface area contributed by atoms with E-state index in [4.69, 9.17) is 21.5 Å². The first-order chi connectivity index (χ1) is 11.6. The third-order valence-corrected chi connectivity index (χ3v) is 3.98. The van der Waals surface area contributed by atoms with E-state index in [1.54, 1.807) is 18.5 Å². The fraction of sp³-hybridized carbons (Fsp3) is 0.294. The van der Waals surface area contributed by atoms with E-state index in [2.05, 4.69) is 16.0 Å². The number of aromatic nitrogens is 2. The largest absolute Gasteiger partial charge is 0.483 e. The maximum absolute atomic E-state index is 12.4. The smallest absolute Gasteiger partial charge is 0.290 e. The molecule has 0 aromatic carbocycles. The Morgan fingerprint density at radius 1 is 1.38 bits per heavy atom. The quantitative estimate of drug-likeness (QED) is 0.862. The van der Waals surface area contributed by atoms with Gasteiger partial charge in [-0.25, -0.2) is 0 Å². The highest BCUT2D eigenvalue weighted by Gasteiger charge is 2.27. The predicted molar refractivity (Wildman–Crippen MR) is 89.9 cm³/mol. The third kappa shape index (κ3) is 5.03. The lowest BCUT2D eigenvalue weighted by molar-refractivity contribution is -0.122. The van der Waals surface area contributed by atoms with Crippen molar-refractivity contribution in [3.8, 4) is 0 Å². The van der Waals surface area contributed by atoms with Crippen molar-refractivity contribution in [3.05, 3.63) is 59.1 Å². The number of likely N-dealkylation sites (tertiary alicyclic amines) is 1. The van der Waals surface area contributed by atoms with Crippen LogP contribution in [0, 0.1) is 5.92 Å². The molecule has 1 amide bonds. The number of carboxylic acid groups (broad SMARTS) is 1. The molecule has 0 radical (unpaired) electrons. The molecule has 24 heavy (non-hydrogen) atoms. The van der Waals surface area contributed by atoms with Gasteiger partial charge in [0.1, 0.15) is 0 Å². The van der Waals surface area contributed by atoms with Crippen LogP contribution in [-0.2, 0) is 11.2 Å². The molecule has 1 atom stereocenters. The van der Waals surface area contributed by atoms with E-state index < -0.39 is 0 Å². The number of amides is 1. The van der Waals surface area contributed by atoms with Gasteiger partial charge in [-0.15, -0.1) is 0 Å². The lowest BCUT2D eigenvalue weighted by atomic mass is 10.0. The Balaban J connectivity index is 0.000000647.